The Hall–Kier alpha value is -2.61. The summed E-state index contributed by atoms with van der Waals surface area (Å²) in [5.41, 5.74) is 0.752. The number of rotatable bonds is 2. The lowest BCUT2D eigenvalue weighted by Crippen LogP contribution is -2.51. The zero-order valence-corrected chi connectivity index (χ0v) is 15.3. The number of benzene rings is 1. The average molecular weight is 380 g/mol. The van der Waals surface area contributed by atoms with Crippen molar-refractivity contribution in [3.63, 3.8) is 0 Å². The Morgan fingerprint density at radius 3 is 2.42 bits per heavy atom. The summed E-state index contributed by atoms with van der Waals surface area (Å²) in [6, 6.07) is 5.42. The molecule has 0 spiro atoms. The van der Waals surface area contributed by atoms with Crippen molar-refractivity contribution < 1.29 is 14.0 Å². The van der Waals surface area contributed by atoms with Crippen LogP contribution in [0.5, 0.6) is 0 Å². The number of aromatic nitrogens is 2. The zero-order chi connectivity index (χ0) is 18.8. The van der Waals surface area contributed by atoms with Gasteiger partial charge < -0.3 is 9.80 Å². The number of piperazine rings is 1. The van der Waals surface area contributed by atoms with Crippen molar-refractivity contribution in [1.82, 2.24) is 19.6 Å². The molecule has 7 nitrogen and oxygen atoms in total. The van der Waals surface area contributed by atoms with Crippen LogP contribution in [0, 0.1) is 12.7 Å². The highest BCUT2D eigenvalue weighted by Gasteiger charge is 2.26. The highest BCUT2D eigenvalue weighted by molar-refractivity contribution is 6.31. The van der Waals surface area contributed by atoms with Crippen molar-refractivity contribution in [2.24, 2.45) is 7.05 Å². The second kappa shape index (κ2) is 7.33. The fourth-order valence-electron chi connectivity index (χ4n) is 2.86. The van der Waals surface area contributed by atoms with E-state index in [1.807, 2.05) is 6.92 Å². The van der Waals surface area contributed by atoms with E-state index < -0.39 is 11.7 Å². The minimum Gasteiger partial charge on any atom is -0.335 e. The summed E-state index contributed by atoms with van der Waals surface area (Å²) >= 11 is 5.85. The van der Waals surface area contributed by atoms with Crippen LogP contribution in [0.15, 0.2) is 24.3 Å². The van der Waals surface area contributed by atoms with Crippen molar-refractivity contribution in [3.05, 3.63) is 46.4 Å². The van der Waals surface area contributed by atoms with Crippen molar-refractivity contribution in [3.8, 4) is 0 Å². The van der Waals surface area contributed by atoms with Crippen LogP contribution in [0.3, 0.4) is 0 Å². The molecule has 26 heavy (non-hydrogen) atoms. The van der Waals surface area contributed by atoms with E-state index in [2.05, 4.69) is 10.4 Å². The molecule has 1 aliphatic heterocycles. The smallest absolute Gasteiger partial charge is 0.323 e. The van der Waals surface area contributed by atoms with Crippen LogP contribution in [0.25, 0.3) is 0 Å². The Morgan fingerprint density at radius 1 is 1.15 bits per heavy atom. The molecule has 138 valence electrons. The molecule has 0 aliphatic carbocycles. The summed E-state index contributed by atoms with van der Waals surface area (Å²) in [4.78, 5) is 28.0. The van der Waals surface area contributed by atoms with Crippen molar-refractivity contribution in [1.29, 1.82) is 0 Å². The lowest BCUT2D eigenvalue weighted by molar-refractivity contribution is 0.0667. The van der Waals surface area contributed by atoms with Crippen molar-refractivity contribution >= 4 is 29.4 Å². The van der Waals surface area contributed by atoms with Gasteiger partial charge in [0.25, 0.3) is 5.91 Å². The van der Waals surface area contributed by atoms with Crippen LogP contribution in [-0.2, 0) is 7.05 Å². The third-order valence-corrected chi connectivity index (χ3v) is 4.48. The molecule has 0 unspecified atom stereocenters. The molecular formula is C17H19ClFN5O2. The number of hydrogen-bond donors (Lipinski definition) is 1. The molecule has 3 rings (SSSR count). The quantitative estimate of drug-likeness (QED) is 0.871. The molecule has 1 N–H and O–H groups in total. The highest BCUT2D eigenvalue weighted by atomic mass is 35.5. The first-order chi connectivity index (χ1) is 12.3. The lowest BCUT2D eigenvalue weighted by Gasteiger charge is -2.34. The zero-order valence-electron chi connectivity index (χ0n) is 14.5. The van der Waals surface area contributed by atoms with Crippen LogP contribution in [0.1, 0.15) is 16.1 Å². The minimum absolute atomic E-state index is 0.0549. The van der Waals surface area contributed by atoms with Crippen LogP contribution in [-0.4, -0.2) is 57.7 Å². The maximum atomic E-state index is 13.9. The Bertz CT molecular complexity index is 846. The maximum absolute atomic E-state index is 13.9. The van der Waals surface area contributed by atoms with Crippen LogP contribution < -0.4 is 5.32 Å². The molecule has 9 heteroatoms. The van der Waals surface area contributed by atoms with E-state index in [9.17, 15) is 14.0 Å². The van der Waals surface area contributed by atoms with E-state index in [1.165, 1.54) is 23.1 Å². The topological polar surface area (TPSA) is 70.5 Å². The third-order valence-electron chi connectivity index (χ3n) is 4.25. The molecule has 0 radical (unpaired) electrons. The molecule has 2 aromatic rings. The number of halogens is 2. The summed E-state index contributed by atoms with van der Waals surface area (Å²) in [5, 5.41) is 7.28. The van der Waals surface area contributed by atoms with Gasteiger partial charge >= 0.3 is 6.03 Å². The normalized spacial score (nSPS) is 14.5. The third kappa shape index (κ3) is 3.80. The largest absolute Gasteiger partial charge is 0.335 e. The standard InChI is InChI=1S/C17H19ClFN5O2/c1-11-9-15(22(2)21-11)20-17(26)24-7-5-23(6-8-24)16(25)13-10-12(18)3-4-14(13)19/h3-4,9-10H,5-8H2,1-2H3,(H,20,26). The second-order valence-electron chi connectivity index (χ2n) is 6.13. The molecule has 0 bridgehead atoms. The molecule has 2 heterocycles. The molecular weight excluding hydrogens is 361 g/mol. The van der Waals surface area contributed by atoms with Gasteiger partial charge in [-0.1, -0.05) is 11.6 Å². The predicted octanol–water partition coefficient (Wildman–Crippen LogP) is 2.51. The number of nitrogens with zero attached hydrogens (tertiary/aromatic N) is 4. The van der Waals surface area contributed by atoms with Gasteiger partial charge in [-0.2, -0.15) is 5.10 Å². The van der Waals surface area contributed by atoms with Crippen LogP contribution in [0.2, 0.25) is 5.02 Å². The molecule has 1 aliphatic rings. The molecule has 1 fully saturated rings. The van der Waals surface area contributed by atoms with Gasteiger partial charge in [0.05, 0.1) is 11.3 Å². The summed E-state index contributed by atoms with van der Waals surface area (Å²) in [7, 11) is 1.75. The number of carbonyl (C=O) groups excluding carboxylic acids is 2. The Labute approximate surface area is 155 Å². The van der Waals surface area contributed by atoms with Crippen molar-refractivity contribution in [2.45, 2.75) is 6.92 Å². The molecule has 3 amide bonds. The first-order valence-corrected chi connectivity index (χ1v) is 8.54. The molecule has 0 atom stereocenters. The van der Waals surface area contributed by atoms with Gasteiger partial charge in [0.2, 0.25) is 0 Å². The van der Waals surface area contributed by atoms with E-state index in [4.69, 9.17) is 11.6 Å². The van der Waals surface area contributed by atoms with E-state index in [1.54, 1.807) is 22.7 Å². The predicted molar refractivity (Wildman–Crippen MR) is 95.9 cm³/mol. The van der Waals surface area contributed by atoms with E-state index in [-0.39, 0.29) is 11.6 Å². The van der Waals surface area contributed by atoms with Crippen LogP contribution >= 0.6 is 11.6 Å². The van der Waals surface area contributed by atoms with Gasteiger partial charge in [0.1, 0.15) is 11.6 Å². The fourth-order valence-corrected chi connectivity index (χ4v) is 3.03. The van der Waals surface area contributed by atoms with E-state index in [0.717, 1.165) is 5.69 Å². The molecule has 1 saturated heterocycles. The summed E-state index contributed by atoms with van der Waals surface area (Å²) in [6.07, 6.45) is 0. The van der Waals surface area contributed by atoms with Gasteiger partial charge in [-0.25, -0.2) is 9.18 Å². The minimum atomic E-state index is -0.605. The number of anilines is 1. The summed E-state index contributed by atoms with van der Waals surface area (Å²) in [5.74, 6) is -0.425. The summed E-state index contributed by atoms with van der Waals surface area (Å²) in [6.45, 7) is 3.20. The Balaban J connectivity index is 1.60. The average Bonchev–Trinajstić information content (AvgIpc) is 2.93. The summed E-state index contributed by atoms with van der Waals surface area (Å²) < 4.78 is 15.5. The first-order valence-electron chi connectivity index (χ1n) is 8.16. The molecule has 1 aromatic carbocycles. The van der Waals surface area contributed by atoms with E-state index in [0.29, 0.717) is 37.0 Å². The number of nitrogens with one attached hydrogen (secondary N) is 1. The lowest BCUT2D eigenvalue weighted by atomic mass is 10.1. The number of urea groups is 1. The Morgan fingerprint density at radius 2 is 1.81 bits per heavy atom. The number of hydrogen-bond acceptors (Lipinski definition) is 3. The Kier molecular flexibility index (Phi) is 5.13. The number of aryl methyl sites for hydroxylation is 2. The first kappa shape index (κ1) is 18.2. The van der Waals surface area contributed by atoms with Gasteiger partial charge in [-0.15, -0.1) is 0 Å². The maximum Gasteiger partial charge on any atom is 0.323 e. The SMILES string of the molecule is Cc1cc(NC(=O)N2CCN(C(=O)c3cc(Cl)ccc3F)CC2)n(C)n1. The van der Waals surface area contributed by atoms with Gasteiger partial charge in [-0.05, 0) is 25.1 Å². The highest BCUT2D eigenvalue weighted by Crippen LogP contribution is 2.18. The monoisotopic (exact) mass is 379 g/mol. The van der Waals surface area contributed by atoms with Crippen LogP contribution in [0.4, 0.5) is 15.0 Å². The fraction of sp³-hybridized carbons (Fsp3) is 0.353. The molecule has 0 saturated carbocycles. The van der Waals surface area contributed by atoms with Crippen molar-refractivity contribution in [2.75, 3.05) is 31.5 Å². The molecule has 1 aromatic heterocycles. The van der Waals surface area contributed by atoms with Gasteiger partial charge in [0, 0.05) is 44.3 Å². The van der Waals surface area contributed by atoms with Gasteiger partial charge in [-0.3, -0.25) is 14.8 Å². The number of carbonyl (C=O) groups is 2. The van der Waals surface area contributed by atoms with E-state index >= 15 is 0 Å². The second-order valence-corrected chi connectivity index (χ2v) is 6.56. The van der Waals surface area contributed by atoms with Gasteiger partial charge in [0.15, 0.2) is 0 Å². The number of amides is 3.